The van der Waals surface area contributed by atoms with E-state index in [2.05, 4.69) is 12.2 Å². The largest absolute Gasteiger partial charge is 0.354 e. The average Bonchev–Trinajstić information content (AvgIpc) is 3.07. The van der Waals surface area contributed by atoms with Crippen molar-refractivity contribution in [2.24, 2.45) is 11.8 Å². The lowest BCUT2D eigenvalue weighted by molar-refractivity contribution is -0.144. The lowest BCUT2D eigenvalue weighted by Gasteiger charge is -2.31. The molecule has 1 aromatic carbocycles. The van der Waals surface area contributed by atoms with Crippen LogP contribution in [0.3, 0.4) is 0 Å². The number of nitrogens with one attached hydrogen (secondary N) is 1. The van der Waals surface area contributed by atoms with Crippen LogP contribution in [0.15, 0.2) is 36.4 Å². The molecule has 34 heavy (non-hydrogen) atoms. The van der Waals surface area contributed by atoms with Gasteiger partial charge in [-0.25, -0.2) is 0 Å². The van der Waals surface area contributed by atoms with Crippen molar-refractivity contribution in [1.82, 2.24) is 15.1 Å². The molecule has 2 aliphatic rings. The zero-order valence-corrected chi connectivity index (χ0v) is 20.6. The normalized spacial score (nSPS) is 20.3. The van der Waals surface area contributed by atoms with Gasteiger partial charge in [0.15, 0.2) is 0 Å². The molecular weight excluding hydrogens is 430 g/mol. The summed E-state index contributed by atoms with van der Waals surface area (Å²) in [5.74, 6) is -1.36. The number of hydrogen-bond acceptors (Lipinski definition) is 4. The number of rotatable bonds is 11. The molecule has 7 nitrogen and oxygen atoms in total. The van der Waals surface area contributed by atoms with E-state index in [1.807, 2.05) is 50.3 Å². The van der Waals surface area contributed by atoms with Crippen LogP contribution in [0.25, 0.3) is 0 Å². The molecule has 0 bridgehead atoms. The summed E-state index contributed by atoms with van der Waals surface area (Å²) < 4.78 is 0. The Bertz CT molecular complexity index is 916. The van der Waals surface area contributed by atoms with E-state index in [0.29, 0.717) is 32.4 Å². The molecule has 0 aromatic heterocycles. The molecule has 0 unspecified atom stereocenters. The van der Waals surface area contributed by atoms with Crippen LogP contribution in [-0.4, -0.2) is 52.6 Å². The van der Waals surface area contributed by atoms with Gasteiger partial charge in [-0.3, -0.25) is 24.1 Å². The fraction of sp³-hybridized carbons (Fsp3) is 0.556. The van der Waals surface area contributed by atoms with Gasteiger partial charge in [-0.05, 0) is 38.2 Å². The molecule has 1 aliphatic carbocycles. The first-order chi connectivity index (χ1) is 16.4. The topological polar surface area (TPSA) is 86.8 Å². The molecule has 184 valence electrons. The second-order valence-corrected chi connectivity index (χ2v) is 9.31. The summed E-state index contributed by atoms with van der Waals surface area (Å²) in [4.78, 5) is 54.8. The SMILES string of the molecule is CCCCNC(=O)[C@@H](CC)N(Cc1cccc(C)c1)C(=O)CCN1C(=O)[C@H]2CC=CC[C@H]2C1=O. The van der Waals surface area contributed by atoms with Crippen molar-refractivity contribution in [3.05, 3.63) is 47.5 Å². The van der Waals surface area contributed by atoms with Crippen molar-refractivity contribution in [2.75, 3.05) is 13.1 Å². The molecular formula is C27H37N3O4. The Kier molecular flexibility index (Phi) is 9.02. The molecule has 3 rings (SSSR count). The number of unbranched alkanes of at least 4 members (excludes halogenated alkanes) is 1. The number of benzene rings is 1. The highest BCUT2D eigenvalue weighted by Crippen LogP contribution is 2.35. The summed E-state index contributed by atoms with van der Waals surface area (Å²) in [5, 5.41) is 2.95. The summed E-state index contributed by atoms with van der Waals surface area (Å²) in [6.07, 6.45) is 7.40. The molecule has 1 saturated heterocycles. The van der Waals surface area contributed by atoms with E-state index in [9.17, 15) is 19.2 Å². The fourth-order valence-electron chi connectivity index (χ4n) is 4.87. The van der Waals surface area contributed by atoms with Gasteiger partial charge in [0.2, 0.25) is 23.6 Å². The minimum absolute atomic E-state index is 0.00883. The molecule has 0 saturated carbocycles. The summed E-state index contributed by atoms with van der Waals surface area (Å²) >= 11 is 0. The molecule has 1 heterocycles. The van der Waals surface area contributed by atoms with E-state index in [-0.39, 0.29) is 48.4 Å². The molecule has 7 heteroatoms. The highest BCUT2D eigenvalue weighted by molar-refractivity contribution is 6.05. The van der Waals surface area contributed by atoms with E-state index in [0.717, 1.165) is 24.0 Å². The molecule has 0 radical (unpaired) electrons. The van der Waals surface area contributed by atoms with Gasteiger partial charge in [0.05, 0.1) is 11.8 Å². The number of carbonyl (C=O) groups is 4. The summed E-state index contributed by atoms with van der Waals surface area (Å²) in [6.45, 7) is 6.88. The molecule has 3 atom stereocenters. The van der Waals surface area contributed by atoms with Crippen LogP contribution in [0.4, 0.5) is 0 Å². The van der Waals surface area contributed by atoms with Crippen LogP contribution in [0.5, 0.6) is 0 Å². The number of imide groups is 1. The minimum Gasteiger partial charge on any atom is -0.354 e. The van der Waals surface area contributed by atoms with Gasteiger partial charge >= 0.3 is 0 Å². The molecule has 1 aliphatic heterocycles. The van der Waals surface area contributed by atoms with Crippen molar-refractivity contribution >= 4 is 23.6 Å². The number of amides is 4. The minimum atomic E-state index is -0.610. The molecule has 1 aromatic rings. The second kappa shape index (κ2) is 12.0. The Morgan fingerprint density at radius 2 is 1.79 bits per heavy atom. The number of carbonyl (C=O) groups excluding carboxylic acids is 4. The monoisotopic (exact) mass is 467 g/mol. The number of aryl methyl sites for hydroxylation is 1. The van der Waals surface area contributed by atoms with E-state index in [4.69, 9.17) is 0 Å². The van der Waals surface area contributed by atoms with Gasteiger partial charge in [-0.1, -0.05) is 62.2 Å². The third-order valence-corrected chi connectivity index (χ3v) is 6.80. The van der Waals surface area contributed by atoms with Crippen LogP contribution >= 0.6 is 0 Å². The highest BCUT2D eigenvalue weighted by Gasteiger charge is 2.47. The first-order valence-corrected chi connectivity index (χ1v) is 12.5. The van der Waals surface area contributed by atoms with E-state index >= 15 is 0 Å². The summed E-state index contributed by atoms with van der Waals surface area (Å²) in [6, 6.07) is 7.27. The van der Waals surface area contributed by atoms with Crippen LogP contribution in [0, 0.1) is 18.8 Å². The zero-order valence-electron chi connectivity index (χ0n) is 20.6. The Labute approximate surface area is 202 Å². The third-order valence-electron chi connectivity index (χ3n) is 6.80. The lowest BCUT2D eigenvalue weighted by Crippen LogP contribution is -2.49. The lowest BCUT2D eigenvalue weighted by atomic mass is 9.85. The van der Waals surface area contributed by atoms with Crippen LogP contribution in [-0.2, 0) is 25.7 Å². The Hall–Kier alpha value is -2.96. The Morgan fingerprint density at radius 3 is 2.38 bits per heavy atom. The maximum atomic E-state index is 13.4. The van der Waals surface area contributed by atoms with Crippen LogP contribution in [0.2, 0.25) is 0 Å². The van der Waals surface area contributed by atoms with Gasteiger partial charge in [0.1, 0.15) is 6.04 Å². The van der Waals surface area contributed by atoms with Crippen molar-refractivity contribution < 1.29 is 19.2 Å². The van der Waals surface area contributed by atoms with Gasteiger partial charge in [-0.2, -0.15) is 0 Å². The Balaban J connectivity index is 1.73. The predicted molar refractivity (Wildman–Crippen MR) is 130 cm³/mol. The Morgan fingerprint density at radius 1 is 1.12 bits per heavy atom. The maximum Gasteiger partial charge on any atom is 0.242 e. The van der Waals surface area contributed by atoms with Crippen molar-refractivity contribution in [1.29, 1.82) is 0 Å². The third kappa shape index (κ3) is 5.93. The molecule has 1 fully saturated rings. The summed E-state index contributed by atoms with van der Waals surface area (Å²) in [5.41, 5.74) is 2.02. The maximum absolute atomic E-state index is 13.4. The first kappa shape index (κ1) is 25.7. The standard InChI is InChI=1S/C27H37N3O4/c1-4-6-15-28-25(32)23(5-2)30(18-20-11-9-10-19(3)17-20)24(31)14-16-29-26(33)21-12-7-8-13-22(21)27(29)34/h7-11,17,21-23H,4-6,12-16,18H2,1-3H3,(H,28,32)/t21-,22+,23-/m1/s1. The second-order valence-electron chi connectivity index (χ2n) is 9.31. The van der Waals surface area contributed by atoms with Crippen LogP contribution < -0.4 is 5.32 Å². The number of nitrogens with zero attached hydrogens (tertiary/aromatic N) is 2. The van der Waals surface area contributed by atoms with Gasteiger partial charge < -0.3 is 10.2 Å². The van der Waals surface area contributed by atoms with E-state index < -0.39 is 6.04 Å². The average molecular weight is 468 g/mol. The van der Waals surface area contributed by atoms with Gasteiger partial charge in [0, 0.05) is 26.1 Å². The highest BCUT2D eigenvalue weighted by atomic mass is 16.2. The summed E-state index contributed by atoms with van der Waals surface area (Å²) in [7, 11) is 0. The van der Waals surface area contributed by atoms with Crippen LogP contribution in [0.1, 0.15) is 63.5 Å². The quantitative estimate of drug-likeness (QED) is 0.307. The smallest absolute Gasteiger partial charge is 0.242 e. The van der Waals surface area contributed by atoms with Crippen molar-refractivity contribution in [2.45, 2.75) is 71.9 Å². The zero-order chi connectivity index (χ0) is 24.7. The molecule has 0 spiro atoms. The molecule has 4 amide bonds. The first-order valence-electron chi connectivity index (χ1n) is 12.5. The number of allylic oxidation sites excluding steroid dienone is 2. The molecule has 1 N–H and O–H groups in total. The van der Waals surface area contributed by atoms with Gasteiger partial charge in [-0.15, -0.1) is 0 Å². The van der Waals surface area contributed by atoms with Gasteiger partial charge in [0.25, 0.3) is 0 Å². The van der Waals surface area contributed by atoms with Crippen molar-refractivity contribution in [3.8, 4) is 0 Å². The van der Waals surface area contributed by atoms with E-state index in [1.165, 1.54) is 4.90 Å². The van der Waals surface area contributed by atoms with E-state index in [1.54, 1.807) is 4.90 Å². The predicted octanol–water partition coefficient (Wildman–Crippen LogP) is 3.36. The number of fused-ring (bicyclic) bond motifs is 1. The van der Waals surface area contributed by atoms with Crippen molar-refractivity contribution in [3.63, 3.8) is 0 Å². The number of hydrogen-bond donors (Lipinski definition) is 1. The number of likely N-dealkylation sites (tertiary alicyclic amines) is 1. The fourth-order valence-corrected chi connectivity index (χ4v) is 4.87.